The number of hydrogen-bond donors (Lipinski definition) is 0. The van der Waals surface area contributed by atoms with Gasteiger partial charge in [-0.05, 0) is 37.5 Å². The molecule has 10 heteroatoms. The van der Waals surface area contributed by atoms with Crippen LogP contribution in [0.25, 0.3) is 0 Å². The molecule has 0 aromatic carbocycles. The molecule has 0 atom stereocenters. The fourth-order valence-electron chi connectivity index (χ4n) is 4.03. The Labute approximate surface area is 203 Å². The summed E-state index contributed by atoms with van der Waals surface area (Å²) in [6.45, 7) is 16.0. The lowest BCUT2D eigenvalue weighted by Crippen LogP contribution is -2.40. The normalized spacial score (nSPS) is 17.7. The SMILES string of the molecule is CCN1CC(=O)N(CC(C)(C)CCOCCOCCC(C)(C)CN2C(=O)CN(CC)C2=O)C1=O. The van der Waals surface area contributed by atoms with E-state index in [2.05, 4.69) is 0 Å². The van der Waals surface area contributed by atoms with Gasteiger partial charge in [-0.2, -0.15) is 0 Å². The number of ether oxygens (including phenoxy) is 2. The maximum atomic E-state index is 12.3. The first-order valence-corrected chi connectivity index (χ1v) is 12.2. The number of carbonyl (C=O) groups is 4. The highest BCUT2D eigenvalue weighted by molar-refractivity contribution is 6.02. The van der Waals surface area contributed by atoms with Gasteiger partial charge in [-0.15, -0.1) is 0 Å². The zero-order chi connectivity index (χ0) is 25.5. The topological polar surface area (TPSA) is 99.7 Å². The Bertz CT molecular complexity index is 692. The molecule has 0 spiro atoms. The molecule has 0 N–H and O–H groups in total. The number of hydrogen-bond acceptors (Lipinski definition) is 6. The highest BCUT2D eigenvalue weighted by Crippen LogP contribution is 2.26. The van der Waals surface area contributed by atoms with E-state index in [1.807, 2.05) is 41.5 Å². The lowest BCUT2D eigenvalue weighted by Gasteiger charge is -2.29. The van der Waals surface area contributed by atoms with Crippen molar-refractivity contribution >= 4 is 23.9 Å². The van der Waals surface area contributed by atoms with Crippen molar-refractivity contribution in [1.29, 1.82) is 0 Å². The molecular formula is C24H42N4O6. The third-order valence-corrected chi connectivity index (χ3v) is 6.41. The predicted molar refractivity (Wildman–Crippen MR) is 127 cm³/mol. The third-order valence-electron chi connectivity index (χ3n) is 6.41. The number of nitrogens with zero attached hydrogens (tertiary/aromatic N) is 4. The molecule has 0 aromatic heterocycles. The van der Waals surface area contributed by atoms with Gasteiger partial charge in [0.2, 0.25) is 11.8 Å². The molecule has 10 nitrogen and oxygen atoms in total. The van der Waals surface area contributed by atoms with Crippen LogP contribution in [-0.2, 0) is 19.1 Å². The van der Waals surface area contributed by atoms with Crippen LogP contribution in [-0.4, -0.2) is 109 Å². The van der Waals surface area contributed by atoms with Gasteiger partial charge in [0.25, 0.3) is 0 Å². The zero-order valence-corrected chi connectivity index (χ0v) is 21.7. The van der Waals surface area contributed by atoms with Gasteiger partial charge in [0, 0.05) is 39.4 Å². The van der Waals surface area contributed by atoms with E-state index in [1.54, 1.807) is 9.80 Å². The van der Waals surface area contributed by atoms with E-state index in [0.717, 1.165) is 12.8 Å². The Morgan fingerprint density at radius 3 is 1.29 bits per heavy atom. The van der Waals surface area contributed by atoms with Gasteiger partial charge in [-0.3, -0.25) is 19.4 Å². The lowest BCUT2D eigenvalue weighted by atomic mass is 9.89. The molecule has 6 amide bonds. The Morgan fingerprint density at radius 2 is 1.00 bits per heavy atom. The summed E-state index contributed by atoms with van der Waals surface area (Å²) in [7, 11) is 0. The van der Waals surface area contributed by atoms with E-state index < -0.39 is 0 Å². The molecule has 194 valence electrons. The van der Waals surface area contributed by atoms with Crippen LogP contribution in [0, 0.1) is 10.8 Å². The molecule has 2 fully saturated rings. The second-order valence-corrected chi connectivity index (χ2v) is 10.6. The van der Waals surface area contributed by atoms with Crippen LogP contribution in [0.15, 0.2) is 0 Å². The van der Waals surface area contributed by atoms with Crippen LogP contribution in [0.5, 0.6) is 0 Å². The third kappa shape index (κ3) is 7.66. The van der Waals surface area contributed by atoms with Gasteiger partial charge in [-0.1, -0.05) is 27.7 Å². The van der Waals surface area contributed by atoms with Crippen LogP contribution in [0.4, 0.5) is 9.59 Å². The number of urea groups is 2. The van der Waals surface area contributed by atoms with Gasteiger partial charge in [-0.25, -0.2) is 9.59 Å². The summed E-state index contributed by atoms with van der Waals surface area (Å²) >= 11 is 0. The fraction of sp³-hybridized carbons (Fsp3) is 0.833. The van der Waals surface area contributed by atoms with Crippen molar-refractivity contribution in [2.45, 2.75) is 54.4 Å². The monoisotopic (exact) mass is 482 g/mol. The smallest absolute Gasteiger partial charge is 0.327 e. The molecule has 2 saturated heterocycles. The minimum absolute atomic E-state index is 0.140. The minimum atomic E-state index is -0.238. The van der Waals surface area contributed by atoms with E-state index >= 15 is 0 Å². The van der Waals surface area contributed by atoms with Crippen molar-refractivity contribution < 1.29 is 28.7 Å². The van der Waals surface area contributed by atoms with E-state index in [4.69, 9.17) is 9.47 Å². The zero-order valence-electron chi connectivity index (χ0n) is 21.7. The molecule has 34 heavy (non-hydrogen) atoms. The van der Waals surface area contributed by atoms with Crippen molar-refractivity contribution in [1.82, 2.24) is 19.6 Å². The van der Waals surface area contributed by atoms with Crippen LogP contribution in [0.2, 0.25) is 0 Å². The van der Waals surface area contributed by atoms with Crippen LogP contribution in [0.3, 0.4) is 0 Å². The summed E-state index contributed by atoms with van der Waals surface area (Å²) in [5.74, 6) is -0.281. The summed E-state index contributed by atoms with van der Waals surface area (Å²) in [6, 6.07) is -0.419. The molecule has 2 rings (SSSR count). The molecule has 0 unspecified atom stereocenters. The van der Waals surface area contributed by atoms with Crippen molar-refractivity contribution in [3.05, 3.63) is 0 Å². The van der Waals surface area contributed by atoms with Gasteiger partial charge in [0.1, 0.15) is 13.1 Å². The van der Waals surface area contributed by atoms with E-state index in [-0.39, 0.29) is 47.8 Å². The minimum Gasteiger partial charge on any atom is -0.379 e. The molecular weight excluding hydrogens is 440 g/mol. The van der Waals surface area contributed by atoms with Gasteiger partial charge in [0.15, 0.2) is 0 Å². The largest absolute Gasteiger partial charge is 0.379 e. The summed E-state index contributed by atoms with van der Waals surface area (Å²) < 4.78 is 11.4. The number of imide groups is 2. The fourth-order valence-corrected chi connectivity index (χ4v) is 4.03. The predicted octanol–water partition coefficient (Wildman–Crippen LogP) is 2.42. The number of rotatable bonds is 15. The Hall–Kier alpha value is -2.20. The van der Waals surface area contributed by atoms with Crippen molar-refractivity contribution in [2.75, 3.05) is 65.7 Å². The summed E-state index contributed by atoms with van der Waals surface area (Å²) in [6.07, 6.45) is 1.44. The summed E-state index contributed by atoms with van der Waals surface area (Å²) in [5, 5.41) is 0. The Morgan fingerprint density at radius 1 is 0.647 bits per heavy atom. The highest BCUT2D eigenvalue weighted by Gasteiger charge is 2.39. The Balaban J connectivity index is 1.59. The molecule has 0 radical (unpaired) electrons. The molecule has 2 aliphatic rings. The van der Waals surface area contributed by atoms with E-state index in [0.29, 0.717) is 52.6 Å². The number of carbonyl (C=O) groups excluding carboxylic acids is 4. The average Bonchev–Trinajstić information content (AvgIpc) is 3.19. The summed E-state index contributed by atoms with van der Waals surface area (Å²) in [4.78, 5) is 54.6. The van der Waals surface area contributed by atoms with E-state index in [9.17, 15) is 19.2 Å². The van der Waals surface area contributed by atoms with E-state index in [1.165, 1.54) is 9.80 Å². The molecule has 0 aromatic rings. The maximum Gasteiger partial charge on any atom is 0.327 e. The van der Waals surface area contributed by atoms with Crippen molar-refractivity contribution in [3.63, 3.8) is 0 Å². The van der Waals surface area contributed by atoms with Crippen molar-refractivity contribution in [3.8, 4) is 0 Å². The first-order valence-electron chi connectivity index (χ1n) is 12.2. The highest BCUT2D eigenvalue weighted by atomic mass is 16.5. The van der Waals surface area contributed by atoms with Crippen LogP contribution < -0.4 is 0 Å². The van der Waals surface area contributed by atoms with Gasteiger partial charge in [0.05, 0.1) is 13.2 Å². The second kappa shape index (κ2) is 12.0. The molecule has 0 aliphatic carbocycles. The number of amides is 6. The first-order chi connectivity index (χ1) is 15.9. The van der Waals surface area contributed by atoms with Crippen molar-refractivity contribution in [2.24, 2.45) is 10.8 Å². The average molecular weight is 483 g/mol. The molecule has 2 aliphatic heterocycles. The second-order valence-electron chi connectivity index (χ2n) is 10.6. The van der Waals surface area contributed by atoms with Gasteiger partial charge >= 0.3 is 12.1 Å². The standard InChI is InChI=1S/C24H42N4O6/c1-7-25-15-19(29)27(21(25)31)17-23(3,4)9-11-33-13-14-34-12-10-24(5,6)18-28-20(30)16-26(8-2)22(28)32/h7-18H2,1-6H3. The maximum absolute atomic E-state index is 12.3. The van der Waals surface area contributed by atoms with Crippen LogP contribution >= 0.6 is 0 Å². The molecule has 0 bridgehead atoms. The quantitative estimate of drug-likeness (QED) is 0.263. The van der Waals surface area contributed by atoms with Crippen LogP contribution in [0.1, 0.15) is 54.4 Å². The molecule has 0 saturated carbocycles. The number of likely N-dealkylation sites (N-methyl/N-ethyl adjacent to an activating group) is 2. The Kier molecular flexibility index (Phi) is 9.87. The molecule has 2 heterocycles. The lowest BCUT2D eigenvalue weighted by molar-refractivity contribution is -0.127. The first kappa shape index (κ1) is 28.0. The van der Waals surface area contributed by atoms with Gasteiger partial charge < -0.3 is 19.3 Å². The summed E-state index contributed by atoms with van der Waals surface area (Å²) in [5.41, 5.74) is -0.477.